The van der Waals surface area contributed by atoms with Crippen molar-refractivity contribution in [3.63, 3.8) is 0 Å². The molecular weight excluding hydrogens is 389 g/mol. The first-order valence-corrected chi connectivity index (χ1v) is 9.58. The zero-order valence-electron chi connectivity index (χ0n) is 15.6. The predicted octanol–water partition coefficient (Wildman–Crippen LogP) is 3.27. The van der Waals surface area contributed by atoms with E-state index in [1.807, 2.05) is 0 Å². The van der Waals surface area contributed by atoms with Gasteiger partial charge < -0.3 is 9.72 Å². The van der Waals surface area contributed by atoms with Crippen LogP contribution in [-0.4, -0.2) is 38.9 Å². The predicted molar refractivity (Wildman–Crippen MR) is 101 cm³/mol. The van der Waals surface area contributed by atoms with Gasteiger partial charge in [0.15, 0.2) is 0 Å². The Morgan fingerprint density at radius 3 is 2.66 bits per heavy atom. The monoisotopic (exact) mass is 410 g/mol. The van der Waals surface area contributed by atoms with E-state index in [2.05, 4.69) is 15.0 Å². The van der Waals surface area contributed by atoms with Crippen molar-refractivity contribution in [3.05, 3.63) is 39.3 Å². The fourth-order valence-electron chi connectivity index (χ4n) is 4.10. The Balaban J connectivity index is 1.52. The topological polar surface area (TPSA) is 92.8 Å². The minimum absolute atomic E-state index is 0.103. The lowest BCUT2D eigenvalue weighted by Crippen LogP contribution is -2.35. The fraction of sp³-hybridized carbons (Fsp3) is 0.526. The van der Waals surface area contributed by atoms with Crippen LogP contribution >= 0.6 is 0 Å². The third-order valence-corrected chi connectivity index (χ3v) is 5.55. The van der Waals surface area contributed by atoms with Gasteiger partial charge in [-0.1, -0.05) is 0 Å². The summed E-state index contributed by atoms with van der Waals surface area (Å²) in [6, 6.07) is 1.69. The van der Waals surface area contributed by atoms with E-state index in [9.17, 15) is 22.8 Å². The summed E-state index contributed by atoms with van der Waals surface area (Å²) in [5.74, 6) is 0.165. The van der Waals surface area contributed by atoms with Crippen LogP contribution in [0.3, 0.4) is 0 Å². The van der Waals surface area contributed by atoms with Gasteiger partial charge in [-0.3, -0.25) is 14.3 Å². The molecule has 0 aromatic carbocycles. The smallest absolute Gasteiger partial charge is 0.381 e. The number of nitrogens with zero attached hydrogens (tertiary/aromatic N) is 2. The van der Waals surface area contributed by atoms with E-state index in [4.69, 9.17) is 4.74 Å². The minimum Gasteiger partial charge on any atom is -0.381 e. The first-order chi connectivity index (χ1) is 13.8. The van der Waals surface area contributed by atoms with Crippen molar-refractivity contribution in [1.29, 1.82) is 0 Å². The van der Waals surface area contributed by atoms with Crippen molar-refractivity contribution in [2.24, 2.45) is 5.92 Å². The third kappa shape index (κ3) is 4.07. The summed E-state index contributed by atoms with van der Waals surface area (Å²) < 4.78 is 43.4. The Labute approximate surface area is 162 Å². The van der Waals surface area contributed by atoms with Gasteiger partial charge in [0.1, 0.15) is 5.65 Å². The average Bonchev–Trinajstić information content (AvgIpc) is 3.14. The summed E-state index contributed by atoms with van der Waals surface area (Å²) in [5, 5.41) is 1.07. The number of halogens is 3. The Morgan fingerprint density at radius 1 is 1.17 bits per heavy atom. The van der Waals surface area contributed by atoms with E-state index in [-0.39, 0.29) is 25.2 Å². The molecule has 0 amide bonds. The molecule has 0 atom stereocenters. The zero-order chi connectivity index (χ0) is 20.6. The number of pyridine rings is 1. The molecule has 1 saturated carbocycles. The summed E-state index contributed by atoms with van der Waals surface area (Å²) in [6.45, 7) is -0.0397. The van der Waals surface area contributed by atoms with Crippen molar-refractivity contribution in [1.82, 2.24) is 19.5 Å². The van der Waals surface area contributed by atoms with E-state index in [0.29, 0.717) is 34.8 Å². The molecule has 4 rings (SSSR count). The second-order valence-corrected chi connectivity index (χ2v) is 7.50. The van der Waals surface area contributed by atoms with Crippen LogP contribution in [0.1, 0.15) is 38.1 Å². The van der Waals surface area contributed by atoms with Crippen molar-refractivity contribution < 1.29 is 17.9 Å². The van der Waals surface area contributed by atoms with E-state index in [1.165, 1.54) is 6.20 Å². The number of alkyl halides is 3. The van der Waals surface area contributed by atoms with Gasteiger partial charge in [0.05, 0.1) is 23.9 Å². The number of H-pyrrole nitrogens is 2. The highest BCUT2D eigenvalue weighted by Gasteiger charge is 2.28. The van der Waals surface area contributed by atoms with Crippen LogP contribution in [0.5, 0.6) is 0 Å². The van der Waals surface area contributed by atoms with Crippen LogP contribution in [0.2, 0.25) is 0 Å². The Kier molecular flexibility index (Phi) is 5.20. The van der Waals surface area contributed by atoms with Gasteiger partial charge in [-0.25, -0.2) is 9.78 Å². The fourth-order valence-corrected chi connectivity index (χ4v) is 4.10. The van der Waals surface area contributed by atoms with E-state index in [0.717, 1.165) is 12.8 Å². The van der Waals surface area contributed by atoms with E-state index < -0.39 is 23.8 Å². The lowest BCUT2D eigenvalue weighted by atomic mass is 9.86. The molecule has 10 heteroatoms. The summed E-state index contributed by atoms with van der Waals surface area (Å²) in [4.78, 5) is 34.5. The first-order valence-electron chi connectivity index (χ1n) is 9.58. The zero-order valence-corrected chi connectivity index (χ0v) is 15.6. The van der Waals surface area contributed by atoms with Crippen LogP contribution in [0.4, 0.5) is 13.2 Å². The lowest BCUT2D eigenvalue weighted by Gasteiger charge is -2.30. The molecule has 0 unspecified atom stereocenters. The van der Waals surface area contributed by atoms with Crippen molar-refractivity contribution in [2.45, 2.75) is 44.3 Å². The van der Waals surface area contributed by atoms with Gasteiger partial charge in [0, 0.05) is 30.4 Å². The lowest BCUT2D eigenvalue weighted by molar-refractivity contribution is -0.146. The molecule has 0 bridgehead atoms. The molecule has 1 fully saturated rings. The number of aromatic amines is 2. The number of nitrogens with one attached hydrogen (secondary N) is 2. The van der Waals surface area contributed by atoms with Gasteiger partial charge in [-0.15, -0.1) is 0 Å². The summed E-state index contributed by atoms with van der Waals surface area (Å²) in [5.41, 5.74) is 0.238. The molecule has 3 aromatic heterocycles. The quantitative estimate of drug-likeness (QED) is 0.632. The first kappa shape index (κ1) is 19.7. The SMILES string of the molecule is O=c1[nH]c(=O)n([C@H]2CC[C@H](COCCC(F)(F)F)CC2)c2c1cnc1[nH]ccc12. The Hall–Kier alpha value is -2.62. The Morgan fingerprint density at radius 2 is 1.93 bits per heavy atom. The molecule has 0 spiro atoms. The maximum absolute atomic E-state index is 12.7. The van der Waals surface area contributed by atoms with E-state index in [1.54, 1.807) is 16.8 Å². The van der Waals surface area contributed by atoms with Crippen LogP contribution in [0, 0.1) is 5.92 Å². The van der Waals surface area contributed by atoms with Gasteiger partial charge in [-0.05, 0) is 37.7 Å². The van der Waals surface area contributed by atoms with Gasteiger partial charge in [0.2, 0.25) is 0 Å². The molecule has 7 nitrogen and oxygen atoms in total. The molecule has 1 aliphatic rings. The van der Waals surface area contributed by atoms with Crippen LogP contribution in [0.15, 0.2) is 28.0 Å². The molecule has 29 heavy (non-hydrogen) atoms. The second kappa shape index (κ2) is 7.66. The molecule has 156 valence electrons. The van der Waals surface area contributed by atoms with Gasteiger partial charge in [-0.2, -0.15) is 13.2 Å². The molecule has 2 N–H and O–H groups in total. The average molecular weight is 410 g/mol. The highest BCUT2D eigenvalue weighted by molar-refractivity contribution is 6.01. The normalized spacial score (nSPS) is 20.5. The highest BCUT2D eigenvalue weighted by atomic mass is 19.4. The Bertz CT molecular complexity index is 1120. The van der Waals surface area contributed by atoms with Gasteiger partial charge >= 0.3 is 11.9 Å². The number of hydrogen-bond acceptors (Lipinski definition) is 4. The van der Waals surface area contributed by atoms with Crippen LogP contribution in [0.25, 0.3) is 21.9 Å². The summed E-state index contributed by atoms with van der Waals surface area (Å²) in [6.07, 6.45) is 0.872. The minimum atomic E-state index is -4.21. The molecule has 3 heterocycles. The molecule has 3 aromatic rings. The third-order valence-electron chi connectivity index (χ3n) is 5.55. The number of fused-ring (bicyclic) bond motifs is 3. The van der Waals surface area contributed by atoms with Crippen molar-refractivity contribution in [2.75, 3.05) is 13.2 Å². The number of hydrogen-bond donors (Lipinski definition) is 2. The second-order valence-electron chi connectivity index (χ2n) is 7.50. The molecular formula is C19H21F3N4O3. The largest absolute Gasteiger partial charge is 0.391 e. The molecule has 0 saturated heterocycles. The number of aromatic nitrogens is 4. The maximum Gasteiger partial charge on any atom is 0.391 e. The molecule has 0 radical (unpaired) electrons. The maximum atomic E-state index is 12.7. The number of ether oxygens (including phenoxy) is 1. The summed E-state index contributed by atoms with van der Waals surface area (Å²) in [7, 11) is 0. The summed E-state index contributed by atoms with van der Waals surface area (Å²) >= 11 is 0. The van der Waals surface area contributed by atoms with Gasteiger partial charge in [0.25, 0.3) is 5.56 Å². The molecule has 1 aliphatic carbocycles. The van der Waals surface area contributed by atoms with Crippen molar-refractivity contribution in [3.8, 4) is 0 Å². The number of rotatable bonds is 5. The van der Waals surface area contributed by atoms with Crippen molar-refractivity contribution >= 4 is 21.9 Å². The standard InChI is InChI=1S/C19H21F3N4O3/c20-19(21,22)6-8-29-10-11-1-3-12(4-2-11)26-15-13-5-7-23-16(13)24-9-14(15)17(27)25-18(26)28/h5,7,9,11-12H,1-4,6,8,10H2,(H,23,24)(H,25,27,28)/t11-,12-. The molecule has 0 aliphatic heterocycles. The van der Waals surface area contributed by atoms with Crippen LogP contribution in [-0.2, 0) is 4.74 Å². The van der Waals surface area contributed by atoms with E-state index >= 15 is 0 Å². The van der Waals surface area contributed by atoms with Crippen LogP contribution < -0.4 is 11.2 Å². The highest BCUT2D eigenvalue weighted by Crippen LogP contribution is 2.34.